The van der Waals surface area contributed by atoms with Gasteiger partial charge in [0.15, 0.2) is 0 Å². The Morgan fingerprint density at radius 1 is 1.32 bits per heavy atom. The molecule has 4 nitrogen and oxygen atoms in total. The average Bonchev–Trinajstić information content (AvgIpc) is 2.37. The van der Waals surface area contributed by atoms with Gasteiger partial charge in [0, 0.05) is 19.6 Å². The number of methoxy groups -OCH3 is 1. The first kappa shape index (κ1) is 16.4. The van der Waals surface area contributed by atoms with Gasteiger partial charge >= 0.3 is 0 Å². The first-order valence-electron chi connectivity index (χ1n) is 7.56. The van der Waals surface area contributed by atoms with Gasteiger partial charge < -0.3 is 15.8 Å². The van der Waals surface area contributed by atoms with E-state index in [4.69, 9.17) is 10.5 Å². The van der Waals surface area contributed by atoms with Crippen LogP contribution in [0.3, 0.4) is 0 Å². The predicted molar refractivity (Wildman–Crippen MR) is 77.8 cm³/mol. The molecule has 1 atom stereocenters. The summed E-state index contributed by atoms with van der Waals surface area (Å²) in [6.07, 6.45) is 6.22. The van der Waals surface area contributed by atoms with Crippen molar-refractivity contribution in [2.75, 3.05) is 13.7 Å². The van der Waals surface area contributed by atoms with E-state index < -0.39 is 0 Å². The summed E-state index contributed by atoms with van der Waals surface area (Å²) in [5.41, 5.74) is 5.89. The molecule has 19 heavy (non-hydrogen) atoms. The third-order valence-electron chi connectivity index (χ3n) is 4.17. The van der Waals surface area contributed by atoms with Crippen LogP contribution in [0.15, 0.2) is 0 Å². The van der Waals surface area contributed by atoms with E-state index in [1.807, 2.05) is 0 Å². The highest BCUT2D eigenvalue weighted by molar-refractivity contribution is 5.76. The zero-order chi connectivity index (χ0) is 14.3. The number of hydrogen-bond donors (Lipinski definition) is 2. The normalized spacial score (nSPS) is 25.3. The summed E-state index contributed by atoms with van der Waals surface area (Å²) >= 11 is 0. The van der Waals surface area contributed by atoms with Crippen molar-refractivity contribution in [3.8, 4) is 0 Å². The summed E-state index contributed by atoms with van der Waals surface area (Å²) in [6, 6.07) is 0.509. The molecule has 0 aromatic heterocycles. The lowest BCUT2D eigenvalue weighted by Crippen LogP contribution is -2.41. The van der Waals surface area contributed by atoms with Crippen molar-refractivity contribution < 1.29 is 9.53 Å². The fraction of sp³-hybridized carbons (Fsp3) is 0.933. The van der Waals surface area contributed by atoms with E-state index in [-0.39, 0.29) is 11.9 Å². The van der Waals surface area contributed by atoms with Crippen molar-refractivity contribution in [3.05, 3.63) is 0 Å². The van der Waals surface area contributed by atoms with E-state index >= 15 is 0 Å². The van der Waals surface area contributed by atoms with Gasteiger partial charge in [-0.2, -0.15) is 0 Å². The van der Waals surface area contributed by atoms with Crippen molar-refractivity contribution in [1.82, 2.24) is 5.32 Å². The van der Waals surface area contributed by atoms with Gasteiger partial charge in [0.1, 0.15) is 0 Å². The first-order valence-corrected chi connectivity index (χ1v) is 7.56. The molecule has 1 amide bonds. The molecule has 0 radical (unpaired) electrons. The van der Waals surface area contributed by atoms with Gasteiger partial charge in [-0.15, -0.1) is 0 Å². The Labute approximate surface area is 117 Å². The standard InChI is InChI=1S/C15H30N2O2/c1-11(2)14(10-19-3)17-15(18)9-6-12-4-7-13(16)8-5-12/h11-14H,4-10,16H2,1-3H3,(H,17,18). The molecular weight excluding hydrogens is 240 g/mol. The van der Waals surface area contributed by atoms with Gasteiger partial charge in [-0.05, 0) is 43.9 Å². The third kappa shape index (κ3) is 6.39. The number of nitrogens with two attached hydrogens (primary N) is 1. The van der Waals surface area contributed by atoms with E-state index in [1.165, 1.54) is 12.8 Å². The Morgan fingerprint density at radius 2 is 1.95 bits per heavy atom. The predicted octanol–water partition coefficient (Wildman–Crippen LogP) is 2.07. The molecule has 1 saturated carbocycles. The highest BCUT2D eigenvalue weighted by atomic mass is 16.5. The number of amides is 1. The maximum atomic E-state index is 11.9. The topological polar surface area (TPSA) is 64.3 Å². The van der Waals surface area contributed by atoms with Crippen LogP contribution >= 0.6 is 0 Å². The number of carbonyl (C=O) groups excluding carboxylic acids is 1. The molecule has 0 aromatic rings. The molecule has 1 fully saturated rings. The highest BCUT2D eigenvalue weighted by Crippen LogP contribution is 2.26. The van der Waals surface area contributed by atoms with Crippen LogP contribution in [0.1, 0.15) is 52.4 Å². The lowest BCUT2D eigenvalue weighted by atomic mass is 9.84. The number of ether oxygens (including phenoxy) is 1. The first-order chi connectivity index (χ1) is 9.02. The van der Waals surface area contributed by atoms with Gasteiger partial charge in [0.25, 0.3) is 0 Å². The molecule has 0 bridgehead atoms. The molecule has 1 unspecified atom stereocenters. The van der Waals surface area contributed by atoms with Gasteiger partial charge in [-0.3, -0.25) is 4.79 Å². The van der Waals surface area contributed by atoms with E-state index in [0.717, 1.165) is 19.3 Å². The van der Waals surface area contributed by atoms with E-state index in [9.17, 15) is 4.79 Å². The van der Waals surface area contributed by atoms with Crippen molar-refractivity contribution >= 4 is 5.91 Å². The average molecular weight is 270 g/mol. The fourth-order valence-corrected chi connectivity index (χ4v) is 2.67. The van der Waals surface area contributed by atoms with E-state index in [2.05, 4.69) is 19.2 Å². The maximum Gasteiger partial charge on any atom is 0.220 e. The van der Waals surface area contributed by atoms with Crippen LogP contribution in [0.25, 0.3) is 0 Å². The van der Waals surface area contributed by atoms with Crippen LogP contribution in [0.4, 0.5) is 0 Å². The van der Waals surface area contributed by atoms with Crippen molar-refractivity contribution in [3.63, 3.8) is 0 Å². The fourth-order valence-electron chi connectivity index (χ4n) is 2.67. The Bertz CT molecular complexity index is 261. The molecule has 3 N–H and O–H groups in total. The molecule has 1 aliphatic rings. The monoisotopic (exact) mass is 270 g/mol. The Morgan fingerprint density at radius 3 is 2.47 bits per heavy atom. The minimum absolute atomic E-state index is 0.122. The summed E-state index contributed by atoms with van der Waals surface area (Å²) in [4.78, 5) is 11.9. The second-order valence-corrected chi connectivity index (χ2v) is 6.19. The van der Waals surface area contributed by atoms with Crippen molar-refractivity contribution in [1.29, 1.82) is 0 Å². The number of hydrogen-bond acceptors (Lipinski definition) is 3. The molecule has 0 aliphatic heterocycles. The summed E-state index contributed by atoms with van der Waals surface area (Å²) in [5.74, 6) is 1.24. The smallest absolute Gasteiger partial charge is 0.220 e. The Balaban J connectivity index is 2.23. The van der Waals surface area contributed by atoms with Gasteiger partial charge in [0.05, 0.1) is 12.6 Å². The molecule has 4 heteroatoms. The molecule has 0 heterocycles. The number of carbonyl (C=O) groups is 1. The molecule has 0 saturated heterocycles. The lowest BCUT2D eigenvalue weighted by molar-refractivity contribution is -0.122. The molecule has 112 valence electrons. The van der Waals surface area contributed by atoms with Crippen LogP contribution in [0.2, 0.25) is 0 Å². The van der Waals surface area contributed by atoms with Crippen LogP contribution in [-0.2, 0) is 9.53 Å². The van der Waals surface area contributed by atoms with Gasteiger partial charge in [0.2, 0.25) is 5.91 Å². The molecule has 1 aliphatic carbocycles. The third-order valence-corrected chi connectivity index (χ3v) is 4.17. The number of rotatable bonds is 7. The minimum Gasteiger partial charge on any atom is -0.383 e. The summed E-state index contributed by atoms with van der Waals surface area (Å²) in [6.45, 7) is 4.79. The summed E-state index contributed by atoms with van der Waals surface area (Å²) in [7, 11) is 1.67. The van der Waals surface area contributed by atoms with Crippen molar-refractivity contribution in [2.24, 2.45) is 17.6 Å². The Hall–Kier alpha value is -0.610. The van der Waals surface area contributed by atoms with Crippen LogP contribution in [0, 0.1) is 11.8 Å². The maximum absolute atomic E-state index is 11.9. The van der Waals surface area contributed by atoms with Crippen LogP contribution < -0.4 is 11.1 Å². The zero-order valence-electron chi connectivity index (χ0n) is 12.7. The van der Waals surface area contributed by atoms with E-state index in [0.29, 0.717) is 30.9 Å². The second-order valence-electron chi connectivity index (χ2n) is 6.19. The molecular formula is C15H30N2O2. The Kier molecular flexibility index (Phi) is 7.39. The quantitative estimate of drug-likeness (QED) is 0.744. The van der Waals surface area contributed by atoms with Crippen LogP contribution in [0.5, 0.6) is 0 Å². The van der Waals surface area contributed by atoms with Crippen LogP contribution in [-0.4, -0.2) is 31.7 Å². The SMILES string of the molecule is COCC(NC(=O)CCC1CCC(N)CC1)C(C)C. The molecule has 1 rings (SSSR count). The molecule has 0 aromatic carbocycles. The van der Waals surface area contributed by atoms with Gasteiger partial charge in [-0.25, -0.2) is 0 Å². The largest absolute Gasteiger partial charge is 0.383 e. The second kappa shape index (κ2) is 8.54. The number of nitrogens with one attached hydrogen (secondary N) is 1. The summed E-state index contributed by atoms with van der Waals surface area (Å²) < 4.78 is 5.14. The summed E-state index contributed by atoms with van der Waals surface area (Å²) in [5, 5.41) is 3.08. The highest BCUT2D eigenvalue weighted by Gasteiger charge is 2.20. The molecule has 0 spiro atoms. The van der Waals surface area contributed by atoms with E-state index in [1.54, 1.807) is 7.11 Å². The van der Waals surface area contributed by atoms with Crippen molar-refractivity contribution in [2.45, 2.75) is 64.5 Å². The van der Waals surface area contributed by atoms with Gasteiger partial charge in [-0.1, -0.05) is 13.8 Å². The lowest BCUT2D eigenvalue weighted by Gasteiger charge is -2.26. The minimum atomic E-state index is 0.122. The zero-order valence-corrected chi connectivity index (χ0v) is 12.7.